The van der Waals surface area contributed by atoms with E-state index in [-0.39, 0.29) is 29.5 Å². The van der Waals surface area contributed by atoms with Crippen molar-refractivity contribution in [1.82, 2.24) is 14.9 Å². The summed E-state index contributed by atoms with van der Waals surface area (Å²) >= 11 is 0. The number of nitrogens with zero attached hydrogens (tertiary/aromatic N) is 2. The molecule has 0 saturated heterocycles. The van der Waals surface area contributed by atoms with Crippen LogP contribution in [0.1, 0.15) is 29.3 Å². The van der Waals surface area contributed by atoms with E-state index < -0.39 is 22.1 Å². The minimum absolute atomic E-state index is 0.0348. The second-order valence-corrected chi connectivity index (χ2v) is 8.04. The Labute approximate surface area is 174 Å². The molecule has 1 heterocycles. The van der Waals surface area contributed by atoms with Gasteiger partial charge < -0.3 is 13.9 Å². The molecule has 30 heavy (non-hydrogen) atoms. The molecule has 3 rings (SSSR count). The van der Waals surface area contributed by atoms with Gasteiger partial charge in [0, 0.05) is 19.2 Å². The fourth-order valence-corrected chi connectivity index (χ4v) is 3.52. The molecule has 0 amide bonds. The lowest BCUT2D eigenvalue weighted by molar-refractivity contribution is 0.0279. The number of aromatic nitrogens is 2. The highest BCUT2D eigenvalue weighted by Crippen LogP contribution is 2.23. The average Bonchev–Trinajstić information content (AvgIpc) is 3.25. The molecule has 10 heteroatoms. The number of sulfonamides is 1. The molecular weight excluding hydrogens is 410 g/mol. The van der Waals surface area contributed by atoms with Crippen molar-refractivity contribution in [2.24, 2.45) is 0 Å². The van der Waals surface area contributed by atoms with Crippen LogP contribution in [0.5, 0.6) is 0 Å². The Kier molecular flexibility index (Phi) is 6.93. The summed E-state index contributed by atoms with van der Waals surface area (Å²) < 4.78 is 42.5. The third kappa shape index (κ3) is 5.29. The summed E-state index contributed by atoms with van der Waals surface area (Å²) in [5.41, 5.74) is 0.950. The van der Waals surface area contributed by atoms with Gasteiger partial charge in [-0.1, -0.05) is 18.2 Å². The standard InChI is InChI=1S/C20H21N3O6S/c1-14(18-22-23-19(29-18)15-6-4-3-5-7-15)28-20(24)16-8-10-17(11-9-16)30(25,26)21-12-13-27-2/h3-11,14,21H,12-13H2,1-2H3. The lowest BCUT2D eigenvalue weighted by atomic mass is 10.2. The van der Waals surface area contributed by atoms with Crippen molar-refractivity contribution in [2.45, 2.75) is 17.9 Å². The zero-order valence-corrected chi connectivity index (χ0v) is 17.3. The molecule has 1 N–H and O–H groups in total. The van der Waals surface area contributed by atoms with Crippen LogP contribution < -0.4 is 4.72 Å². The first-order chi connectivity index (χ1) is 14.4. The van der Waals surface area contributed by atoms with Crippen LogP contribution in [0.2, 0.25) is 0 Å². The van der Waals surface area contributed by atoms with Crippen LogP contribution in [0, 0.1) is 0 Å². The van der Waals surface area contributed by atoms with Crippen LogP contribution in [0.15, 0.2) is 63.9 Å². The van der Waals surface area contributed by atoms with Gasteiger partial charge in [-0.05, 0) is 43.3 Å². The normalized spacial score (nSPS) is 12.5. The number of hydrogen-bond acceptors (Lipinski definition) is 8. The molecule has 2 aromatic carbocycles. The third-order valence-electron chi connectivity index (χ3n) is 4.09. The zero-order chi connectivity index (χ0) is 21.6. The number of esters is 1. The largest absolute Gasteiger partial charge is 0.449 e. The van der Waals surface area contributed by atoms with E-state index in [2.05, 4.69) is 14.9 Å². The lowest BCUT2D eigenvalue weighted by Crippen LogP contribution is -2.27. The Hall–Kier alpha value is -3.08. The molecule has 0 radical (unpaired) electrons. The molecule has 0 aliphatic heterocycles. The molecule has 158 valence electrons. The molecule has 1 atom stereocenters. The fourth-order valence-electron chi connectivity index (χ4n) is 2.51. The van der Waals surface area contributed by atoms with E-state index in [0.29, 0.717) is 5.89 Å². The molecular formula is C20H21N3O6S. The minimum Gasteiger partial charge on any atom is -0.449 e. The first kappa shape index (κ1) is 21.6. The maximum atomic E-state index is 12.4. The quantitative estimate of drug-likeness (QED) is 0.405. The van der Waals surface area contributed by atoms with Gasteiger partial charge in [0.1, 0.15) is 0 Å². The van der Waals surface area contributed by atoms with Crippen LogP contribution in [0.3, 0.4) is 0 Å². The summed E-state index contributed by atoms with van der Waals surface area (Å²) in [6.45, 7) is 2.01. The number of carbonyl (C=O) groups is 1. The van der Waals surface area contributed by atoms with E-state index in [1.54, 1.807) is 6.92 Å². The average molecular weight is 431 g/mol. The minimum atomic E-state index is -3.68. The summed E-state index contributed by atoms with van der Waals surface area (Å²) in [6, 6.07) is 14.6. The van der Waals surface area contributed by atoms with Crippen molar-refractivity contribution in [3.8, 4) is 11.5 Å². The van der Waals surface area contributed by atoms with E-state index >= 15 is 0 Å². The van der Waals surface area contributed by atoms with Gasteiger partial charge in [0.2, 0.25) is 15.9 Å². The molecule has 1 aromatic heterocycles. The molecule has 0 spiro atoms. The Bertz CT molecular complexity index is 1080. The van der Waals surface area contributed by atoms with Gasteiger partial charge in [-0.3, -0.25) is 0 Å². The van der Waals surface area contributed by atoms with Crippen molar-refractivity contribution in [1.29, 1.82) is 0 Å². The van der Waals surface area contributed by atoms with E-state index in [0.717, 1.165) is 5.56 Å². The second-order valence-electron chi connectivity index (χ2n) is 6.27. The number of nitrogens with one attached hydrogen (secondary N) is 1. The number of methoxy groups -OCH3 is 1. The van der Waals surface area contributed by atoms with E-state index in [4.69, 9.17) is 13.9 Å². The van der Waals surface area contributed by atoms with Gasteiger partial charge in [-0.15, -0.1) is 10.2 Å². The summed E-state index contributed by atoms with van der Waals surface area (Å²) in [7, 11) is -2.20. The Morgan fingerprint density at radius 3 is 2.47 bits per heavy atom. The summed E-state index contributed by atoms with van der Waals surface area (Å²) in [6.07, 6.45) is -0.776. The Morgan fingerprint density at radius 1 is 1.10 bits per heavy atom. The Morgan fingerprint density at radius 2 is 1.80 bits per heavy atom. The number of carbonyl (C=O) groups excluding carboxylic acids is 1. The predicted molar refractivity (Wildman–Crippen MR) is 107 cm³/mol. The predicted octanol–water partition coefficient (Wildman–Crippen LogP) is 2.58. The van der Waals surface area contributed by atoms with Crippen LogP contribution in [0.25, 0.3) is 11.5 Å². The van der Waals surface area contributed by atoms with Crippen molar-refractivity contribution in [2.75, 3.05) is 20.3 Å². The van der Waals surface area contributed by atoms with Gasteiger partial charge in [-0.25, -0.2) is 17.9 Å². The van der Waals surface area contributed by atoms with Crippen LogP contribution in [-0.4, -0.2) is 44.8 Å². The molecule has 3 aromatic rings. The van der Waals surface area contributed by atoms with Crippen molar-refractivity contribution in [3.63, 3.8) is 0 Å². The zero-order valence-electron chi connectivity index (χ0n) is 16.4. The first-order valence-electron chi connectivity index (χ1n) is 9.09. The maximum Gasteiger partial charge on any atom is 0.338 e. The smallest absolute Gasteiger partial charge is 0.338 e. The topological polar surface area (TPSA) is 121 Å². The summed E-state index contributed by atoms with van der Waals surface area (Å²) in [4.78, 5) is 12.4. The number of benzene rings is 2. The number of hydrogen-bond donors (Lipinski definition) is 1. The van der Waals surface area contributed by atoms with E-state index in [9.17, 15) is 13.2 Å². The number of rotatable bonds is 9. The molecule has 1 unspecified atom stereocenters. The van der Waals surface area contributed by atoms with Crippen molar-refractivity contribution in [3.05, 3.63) is 66.1 Å². The highest BCUT2D eigenvalue weighted by Gasteiger charge is 2.21. The monoisotopic (exact) mass is 431 g/mol. The van der Waals surface area contributed by atoms with Crippen LogP contribution in [0.4, 0.5) is 0 Å². The van der Waals surface area contributed by atoms with Crippen LogP contribution in [-0.2, 0) is 19.5 Å². The first-order valence-corrected chi connectivity index (χ1v) is 10.6. The maximum absolute atomic E-state index is 12.4. The molecule has 0 aliphatic rings. The van der Waals surface area contributed by atoms with E-state index in [1.807, 2.05) is 30.3 Å². The molecule has 0 aliphatic carbocycles. The third-order valence-corrected chi connectivity index (χ3v) is 5.57. The summed E-state index contributed by atoms with van der Waals surface area (Å²) in [5.74, 6) is -0.161. The molecule has 9 nitrogen and oxygen atoms in total. The summed E-state index contributed by atoms with van der Waals surface area (Å²) in [5, 5.41) is 7.90. The highest BCUT2D eigenvalue weighted by molar-refractivity contribution is 7.89. The lowest BCUT2D eigenvalue weighted by Gasteiger charge is -2.10. The van der Waals surface area contributed by atoms with Gasteiger partial charge in [0.15, 0.2) is 6.10 Å². The molecule has 0 saturated carbocycles. The fraction of sp³-hybridized carbons (Fsp3) is 0.250. The SMILES string of the molecule is COCCNS(=O)(=O)c1ccc(C(=O)OC(C)c2nnc(-c3ccccc3)o2)cc1. The van der Waals surface area contributed by atoms with Crippen LogP contribution >= 0.6 is 0 Å². The van der Waals surface area contributed by atoms with Crippen molar-refractivity contribution < 1.29 is 27.1 Å². The number of ether oxygens (including phenoxy) is 2. The second kappa shape index (κ2) is 9.61. The van der Waals surface area contributed by atoms with Gasteiger partial charge in [0.25, 0.3) is 5.89 Å². The molecule has 0 fully saturated rings. The molecule has 0 bridgehead atoms. The van der Waals surface area contributed by atoms with Gasteiger partial charge >= 0.3 is 5.97 Å². The Balaban J connectivity index is 1.64. The van der Waals surface area contributed by atoms with Gasteiger partial charge in [-0.2, -0.15) is 0 Å². The van der Waals surface area contributed by atoms with Crippen molar-refractivity contribution >= 4 is 16.0 Å². The van der Waals surface area contributed by atoms with E-state index in [1.165, 1.54) is 31.4 Å². The van der Waals surface area contributed by atoms with Gasteiger partial charge in [0.05, 0.1) is 17.1 Å². The highest BCUT2D eigenvalue weighted by atomic mass is 32.2.